The number of aliphatic carboxylic acids is 1. The van der Waals surface area contributed by atoms with Crippen LogP contribution >= 0.6 is 43.2 Å². The van der Waals surface area contributed by atoms with Crippen molar-refractivity contribution in [2.45, 2.75) is 12.5 Å². The SMILES string of the molecule is COc1c(Br)cc(-c2c3ccccc3c(Br)c3sc4ccccc4c23)cc1O[C@H](Cc1ccccc1)C(=O)O. The zero-order valence-corrected chi connectivity index (χ0v) is 24.8. The first-order valence-corrected chi connectivity index (χ1v) is 14.7. The van der Waals surface area contributed by atoms with Gasteiger partial charge in [-0.1, -0.05) is 72.8 Å². The summed E-state index contributed by atoms with van der Waals surface area (Å²) in [5, 5.41) is 14.5. The van der Waals surface area contributed by atoms with Crippen LogP contribution in [0.25, 0.3) is 42.1 Å². The molecule has 0 aliphatic heterocycles. The molecule has 0 fully saturated rings. The molecule has 1 aromatic heterocycles. The molecule has 39 heavy (non-hydrogen) atoms. The first-order valence-electron chi connectivity index (χ1n) is 12.3. The average molecular weight is 662 g/mol. The topological polar surface area (TPSA) is 55.8 Å². The Bertz CT molecular complexity index is 1860. The molecule has 6 aromatic rings. The quantitative estimate of drug-likeness (QED) is 0.185. The van der Waals surface area contributed by atoms with E-state index in [4.69, 9.17) is 9.47 Å². The fraction of sp³-hybridized carbons (Fsp3) is 0.0938. The second-order valence-corrected chi connectivity index (χ2v) is 11.9. The van der Waals surface area contributed by atoms with Gasteiger partial charge in [-0.25, -0.2) is 4.79 Å². The van der Waals surface area contributed by atoms with Crippen molar-refractivity contribution in [2.75, 3.05) is 7.11 Å². The summed E-state index contributed by atoms with van der Waals surface area (Å²) in [5.74, 6) is -0.224. The molecule has 1 atom stereocenters. The third-order valence-electron chi connectivity index (χ3n) is 6.79. The Morgan fingerprint density at radius 2 is 1.56 bits per heavy atom. The Labute approximate surface area is 246 Å². The molecule has 0 saturated heterocycles. The van der Waals surface area contributed by atoms with Gasteiger partial charge in [0, 0.05) is 26.4 Å². The highest BCUT2D eigenvalue weighted by Crippen LogP contribution is 2.50. The van der Waals surface area contributed by atoms with Crippen molar-refractivity contribution in [3.8, 4) is 22.6 Å². The highest BCUT2D eigenvalue weighted by Gasteiger charge is 2.25. The van der Waals surface area contributed by atoms with E-state index in [0.717, 1.165) is 42.0 Å². The molecule has 0 spiro atoms. The zero-order chi connectivity index (χ0) is 27.1. The molecular formula is C32H22Br2O4S. The van der Waals surface area contributed by atoms with Crippen molar-refractivity contribution in [3.05, 3.63) is 106 Å². The van der Waals surface area contributed by atoms with Crippen LogP contribution in [-0.4, -0.2) is 24.3 Å². The van der Waals surface area contributed by atoms with Crippen molar-refractivity contribution in [1.29, 1.82) is 0 Å². The molecule has 0 bridgehead atoms. The van der Waals surface area contributed by atoms with Crippen LogP contribution in [0.2, 0.25) is 0 Å². The molecule has 7 heteroatoms. The van der Waals surface area contributed by atoms with Crippen LogP contribution < -0.4 is 9.47 Å². The number of carboxylic acids is 1. The lowest BCUT2D eigenvalue weighted by molar-refractivity contribution is -0.145. The van der Waals surface area contributed by atoms with Gasteiger partial charge in [-0.15, -0.1) is 11.3 Å². The predicted molar refractivity (Wildman–Crippen MR) is 166 cm³/mol. The number of rotatable bonds is 7. The predicted octanol–water partition coefficient (Wildman–Crippen LogP) is 9.48. The summed E-state index contributed by atoms with van der Waals surface area (Å²) in [7, 11) is 1.55. The van der Waals surface area contributed by atoms with Crippen molar-refractivity contribution >= 4 is 80.1 Å². The lowest BCUT2D eigenvalue weighted by atomic mass is 9.93. The maximum Gasteiger partial charge on any atom is 0.345 e. The first-order chi connectivity index (χ1) is 19.0. The Kier molecular flexibility index (Phi) is 7.06. The fourth-order valence-corrected chi connectivity index (χ4v) is 7.61. The largest absolute Gasteiger partial charge is 0.492 e. The average Bonchev–Trinajstić information content (AvgIpc) is 3.33. The van der Waals surface area contributed by atoms with E-state index in [1.54, 1.807) is 18.4 Å². The van der Waals surface area contributed by atoms with Crippen LogP contribution in [-0.2, 0) is 11.2 Å². The molecule has 5 aromatic carbocycles. The van der Waals surface area contributed by atoms with Crippen LogP contribution in [0.4, 0.5) is 0 Å². The highest BCUT2D eigenvalue weighted by molar-refractivity contribution is 9.11. The van der Waals surface area contributed by atoms with E-state index in [-0.39, 0.29) is 6.42 Å². The summed E-state index contributed by atoms with van der Waals surface area (Å²) in [6.45, 7) is 0. The number of carbonyl (C=O) groups is 1. The molecule has 0 radical (unpaired) electrons. The van der Waals surface area contributed by atoms with Gasteiger partial charge >= 0.3 is 5.97 Å². The first kappa shape index (κ1) is 25.9. The van der Waals surface area contributed by atoms with Crippen molar-refractivity contribution in [1.82, 2.24) is 0 Å². The Hall–Kier alpha value is -3.39. The minimum atomic E-state index is -1.09. The molecular weight excluding hydrogens is 640 g/mol. The van der Waals surface area contributed by atoms with Crippen molar-refractivity contribution in [2.24, 2.45) is 0 Å². The van der Waals surface area contributed by atoms with E-state index in [9.17, 15) is 9.90 Å². The maximum absolute atomic E-state index is 12.3. The van der Waals surface area contributed by atoms with E-state index < -0.39 is 12.1 Å². The van der Waals surface area contributed by atoms with Gasteiger partial charge in [-0.2, -0.15) is 0 Å². The van der Waals surface area contributed by atoms with Gasteiger partial charge in [0.25, 0.3) is 0 Å². The number of fused-ring (bicyclic) bond motifs is 4. The molecule has 1 N–H and O–H groups in total. The summed E-state index contributed by atoms with van der Waals surface area (Å²) in [6.07, 6.45) is -0.867. The molecule has 0 saturated carbocycles. The van der Waals surface area contributed by atoms with Gasteiger partial charge < -0.3 is 14.6 Å². The number of halogens is 2. The van der Waals surface area contributed by atoms with Gasteiger partial charge in [0.2, 0.25) is 0 Å². The summed E-state index contributed by atoms with van der Waals surface area (Å²) in [4.78, 5) is 12.3. The monoisotopic (exact) mass is 660 g/mol. The number of methoxy groups -OCH3 is 1. The molecule has 4 nitrogen and oxygen atoms in total. The maximum atomic E-state index is 12.3. The molecule has 194 valence electrons. The van der Waals surface area contributed by atoms with E-state index in [2.05, 4.69) is 68.3 Å². The molecule has 0 unspecified atom stereocenters. The normalized spacial score (nSPS) is 12.2. The van der Waals surface area contributed by atoms with Gasteiger partial charge in [0.15, 0.2) is 17.6 Å². The second kappa shape index (κ2) is 10.6. The minimum absolute atomic E-state index is 0.224. The Morgan fingerprint density at radius 3 is 2.28 bits per heavy atom. The summed E-state index contributed by atoms with van der Waals surface area (Å²) in [6, 6.07) is 30.1. The Balaban J connectivity index is 1.59. The molecule has 6 rings (SSSR count). The minimum Gasteiger partial charge on any atom is -0.492 e. The fourth-order valence-electron chi connectivity index (χ4n) is 5.06. The number of benzene rings is 5. The van der Waals surface area contributed by atoms with Crippen LogP contribution in [0.3, 0.4) is 0 Å². The van der Waals surface area contributed by atoms with Crippen LogP contribution in [0.15, 0.2) is 99.9 Å². The van der Waals surface area contributed by atoms with Crippen LogP contribution in [0.1, 0.15) is 5.56 Å². The van der Waals surface area contributed by atoms with E-state index in [1.165, 1.54) is 10.1 Å². The number of ether oxygens (including phenoxy) is 2. The lowest BCUT2D eigenvalue weighted by Gasteiger charge is -2.20. The van der Waals surface area contributed by atoms with Gasteiger partial charge in [0.05, 0.1) is 16.3 Å². The smallest absolute Gasteiger partial charge is 0.345 e. The third kappa shape index (κ3) is 4.69. The van der Waals surface area contributed by atoms with Crippen molar-refractivity contribution in [3.63, 3.8) is 0 Å². The van der Waals surface area contributed by atoms with E-state index in [1.807, 2.05) is 54.6 Å². The van der Waals surface area contributed by atoms with Gasteiger partial charge in [0.1, 0.15) is 0 Å². The van der Waals surface area contributed by atoms with Gasteiger partial charge in [-0.3, -0.25) is 0 Å². The van der Waals surface area contributed by atoms with E-state index in [0.29, 0.717) is 16.0 Å². The zero-order valence-electron chi connectivity index (χ0n) is 20.8. The molecule has 0 aliphatic rings. The Morgan fingerprint density at radius 1 is 0.897 bits per heavy atom. The molecule has 0 aliphatic carbocycles. The molecule has 1 heterocycles. The third-order valence-corrected chi connectivity index (χ3v) is 9.65. The number of thiophene rings is 1. The van der Waals surface area contributed by atoms with E-state index >= 15 is 0 Å². The van der Waals surface area contributed by atoms with Gasteiger partial charge in [-0.05, 0) is 77.5 Å². The summed E-state index contributed by atoms with van der Waals surface area (Å²) in [5.41, 5.74) is 2.84. The number of carboxylic acid groups (broad SMARTS) is 1. The summed E-state index contributed by atoms with van der Waals surface area (Å²) >= 11 is 9.32. The standard InChI is InChI=1S/C32H22Br2O4S/c1-37-30-23(33)16-19(17-24(30)38-25(32(35)36)15-18-9-3-2-4-10-18)27-20-11-5-6-12-21(20)29(34)31-28(27)22-13-7-8-14-26(22)39-31/h2-14,16-17,25H,15H2,1H3,(H,35,36)/t25-/m1/s1. The highest BCUT2D eigenvalue weighted by atomic mass is 79.9. The van der Waals surface area contributed by atoms with Crippen LogP contribution in [0.5, 0.6) is 11.5 Å². The summed E-state index contributed by atoms with van der Waals surface area (Å²) < 4.78 is 16.0. The molecule has 0 amide bonds. The number of hydrogen-bond acceptors (Lipinski definition) is 4. The lowest BCUT2D eigenvalue weighted by Crippen LogP contribution is -2.29. The van der Waals surface area contributed by atoms with Crippen LogP contribution in [0, 0.1) is 0 Å². The number of hydrogen-bond donors (Lipinski definition) is 1. The van der Waals surface area contributed by atoms with Crippen molar-refractivity contribution < 1.29 is 19.4 Å². The second-order valence-electron chi connectivity index (χ2n) is 9.16.